The topological polar surface area (TPSA) is 69.9 Å². The minimum absolute atomic E-state index is 0.336. The molecule has 0 saturated heterocycles. The second kappa shape index (κ2) is 6.15. The van der Waals surface area contributed by atoms with Crippen molar-refractivity contribution in [3.05, 3.63) is 59.5 Å². The van der Waals surface area contributed by atoms with Crippen molar-refractivity contribution in [1.29, 1.82) is 0 Å². The normalized spacial score (nSPS) is 11.3. The van der Waals surface area contributed by atoms with Gasteiger partial charge in [0.15, 0.2) is 5.76 Å². The number of rotatable bonds is 5. The molecule has 2 aromatic heterocycles. The Kier molecular flexibility index (Phi) is 4.06. The average Bonchev–Trinajstić information content (AvgIpc) is 3.16. The van der Waals surface area contributed by atoms with Gasteiger partial charge in [-0.25, -0.2) is 4.68 Å². The molecule has 1 aromatic carbocycles. The van der Waals surface area contributed by atoms with Crippen LogP contribution in [0.5, 0.6) is 0 Å². The summed E-state index contributed by atoms with van der Waals surface area (Å²) in [6.07, 6.45) is 1.64. The van der Waals surface area contributed by atoms with E-state index in [0.717, 1.165) is 17.1 Å². The average molecular weight is 296 g/mol. The lowest BCUT2D eigenvalue weighted by Gasteiger charge is -2.08. The zero-order chi connectivity index (χ0) is 15.5. The fourth-order valence-electron chi connectivity index (χ4n) is 2.46. The number of hydrogen-bond acceptors (Lipinski definition) is 4. The third-order valence-corrected chi connectivity index (χ3v) is 3.73. The van der Waals surface area contributed by atoms with E-state index in [9.17, 15) is 0 Å². The summed E-state index contributed by atoms with van der Waals surface area (Å²) in [5.41, 5.74) is 9.85. The molecular weight excluding hydrogens is 276 g/mol. The SMILES string of the molecule is CC(C)c1ccc(Cn2nnc(CN)c2-c2ccco2)cc1. The van der Waals surface area contributed by atoms with Crippen LogP contribution < -0.4 is 5.73 Å². The molecule has 5 nitrogen and oxygen atoms in total. The van der Waals surface area contributed by atoms with Crippen LogP contribution in [0.15, 0.2) is 47.1 Å². The number of nitrogens with zero attached hydrogens (tertiary/aromatic N) is 3. The first kappa shape index (κ1) is 14.5. The fraction of sp³-hybridized carbons (Fsp3) is 0.294. The lowest BCUT2D eigenvalue weighted by Crippen LogP contribution is -2.05. The molecule has 114 valence electrons. The van der Waals surface area contributed by atoms with Crippen LogP contribution in [-0.2, 0) is 13.1 Å². The molecular formula is C17H20N4O. The van der Waals surface area contributed by atoms with Crippen LogP contribution in [0, 0.1) is 0 Å². The van der Waals surface area contributed by atoms with Crippen LogP contribution >= 0.6 is 0 Å². The molecule has 2 heterocycles. The van der Waals surface area contributed by atoms with Crippen molar-refractivity contribution in [2.45, 2.75) is 32.9 Å². The maximum atomic E-state index is 5.76. The van der Waals surface area contributed by atoms with Gasteiger partial charge in [0.1, 0.15) is 11.4 Å². The molecule has 0 bridgehead atoms. The van der Waals surface area contributed by atoms with Crippen molar-refractivity contribution in [3.63, 3.8) is 0 Å². The molecule has 0 aliphatic heterocycles. The molecule has 22 heavy (non-hydrogen) atoms. The van der Waals surface area contributed by atoms with E-state index in [0.29, 0.717) is 19.0 Å². The molecule has 0 saturated carbocycles. The summed E-state index contributed by atoms with van der Waals surface area (Å²) in [5.74, 6) is 1.27. The number of benzene rings is 1. The highest BCUT2D eigenvalue weighted by Crippen LogP contribution is 2.23. The van der Waals surface area contributed by atoms with E-state index in [-0.39, 0.29) is 0 Å². The van der Waals surface area contributed by atoms with Gasteiger partial charge in [-0.05, 0) is 29.2 Å². The fourth-order valence-corrected chi connectivity index (χ4v) is 2.46. The molecule has 3 aromatic rings. The van der Waals surface area contributed by atoms with Crippen molar-refractivity contribution >= 4 is 0 Å². The van der Waals surface area contributed by atoms with Crippen molar-refractivity contribution < 1.29 is 4.42 Å². The molecule has 0 atom stereocenters. The lowest BCUT2D eigenvalue weighted by molar-refractivity contribution is 0.565. The molecule has 0 radical (unpaired) electrons. The van der Waals surface area contributed by atoms with Gasteiger partial charge in [-0.2, -0.15) is 0 Å². The highest BCUT2D eigenvalue weighted by molar-refractivity contribution is 5.55. The molecule has 2 N–H and O–H groups in total. The number of aromatic nitrogens is 3. The largest absolute Gasteiger partial charge is 0.463 e. The first-order chi connectivity index (χ1) is 10.7. The van der Waals surface area contributed by atoms with Crippen molar-refractivity contribution in [3.8, 4) is 11.5 Å². The summed E-state index contributed by atoms with van der Waals surface area (Å²) >= 11 is 0. The molecule has 0 aliphatic carbocycles. The van der Waals surface area contributed by atoms with Crippen LogP contribution in [0.4, 0.5) is 0 Å². The summed E-state index contributed by atoms with van der Waals surface area (Å²) < 4.78 is 7.33. The molecule has 0 aliphatic rings. The van der Waals surface area contributed by atoms with Crippen LogP contribution in [-0.4, -0.2) is 15.0 Å². The van der Waals surface area contributed by atoms with Crippen LogP contribution in [0.25, 0.3) is 11.5 Å². The number of furan rings is 1. The van der Waals surface area contributed by atoms with Gasteiger partial charge in [0.25, 0.3) is 0 Å². The van der Waals surface area contributed by atoms with E-state index >= 15 is 0 Å². The van der Waals surface area contributed by atoms with Gasteiger partial charge in [-0.3, -0.25) is 0 Å². The summed E-state index contributed by atoms with van der Waals surface area (Å²) in [5, 5.41) is 8.38. The minimum Gasteiger partial charge on any atom is -0.463 e. The van der Waals surface area contributed by atoms with Crippen molar-refractivity contribution in [2.75, 3.05) is 0 Å². The van der Waals surface area contributed by atoms with Gasteiger partial charge >= 0.3 is 0 Å². The Balaban J connectivity index is 1.91. The molecule has 5 heteroatoms. The summed E-state index contributed by atoms with van der Waals surface area (Å²) in [6.45, 7) is 5.35. The maximum Gasteiger partial charge on any atom is 0.153 e. The first-order valence-corrected chi connectivity index (χ1v) is 7.44. The van der Waals surface area contributed by atoms with Crippen molar-refractivity contribution in [1.82, 2.24) is 15.0 Å². The van der Waals surface area contributed by atoms with Gasteiger partial charge in [-0.1, -0.05) is 43.3 Å². The Labute approximate surface area is 129 Å². The highest BCUT2D eigenvalue weighted by Gasteiger charge is 2.16. The predicted molar refractivity (Wildman–Crippen MR) is 85.2 cm³/mol. The van der Waals surface area contributed by atoms with Gasteiger partial charge in [0.2, 0.25) is 0 Å². The van der Waals surface area contributed by atoms with E-state index < -0.39 is 0 Å². The Hall–Kier alpha value is -2.40. The second-order valence-electron chi connectivity index (χ2n) is 5.62. The van der Waals surface area contributed by atoms with E-state index in [1.54, 1.807) is 6.26 Å². The summed E-state index contributed by atoms with van der Waals surface area (Å²) in [6, 6.07) is 12.3. The van der Waals surface area contributed by atoms with Gasteiger partial charge in [0.05, 0.1) is 12.8 Å². The third-order valence-electron chi connectivity index (χ3n) is 3.73. The summed E-state index contributed by atoms with van der Waals surface area (Å²) in [7, 11) is 0. The highest BCUT2D eigenvalue weighted by atomic mass is 16.3. The third kappa shape index (κ3) is 2.80. The molecule has 0 spiro atoms. The smallest absolute Gasteiger partial charge is 0.153 e. The predicted octanol–water partition coefficient (Wildman–Crippen LogP) is 3.17. The van der Waals surface area contributed by atoms with Gasteiger partial charge in [0, 0.05) is 6.54 Å². The Morgan fingerprint density at radius 2 is 1.95 bits per heavy atom. The maximum absolute atomic E-state index is 5.76. The van der Waals surface area contributed by atoms with Gasteiger partial charge < -0.3 is 10.2 Å². The lowest BCUT2D eigenvalue weighted by atomic mass is 10.0. The quantitative estimate of drug-likeness (QED) is 0.785. The van der Waals surface area contributed by atoms with Crippen LogP contribution in [0.1, 0.15) is 36.6 Å². The number of nitrogens with two attached hydrogens (primary N) is 1. The zero-order valence-electron chi connectivity index (χ0n) is 12.9. The minimum atomic E-state index is 0.336. The van der Waals surface area contributed by atoms with E-state index in [2.05, 4.69) is 48.4 Å². The monoisotopic (exact) mass is 296 g/mol. The molecule has 0 amide bonds. The Morgan fingerprint density at radius 3 is 2.55 bits per heavy atom. The van der Waals surface area contributed by atoms with Gasteiger partial charge in [-0.15, -0.1) is 5.10 Å². The van der Waals surface area contributed by atoms with E-state index in [4.69, 9.17) is 10.2 Å². The molecule has 0 fully saturated rings. The summed E-state index contributed by atoms with van der Waals surface area (Å²) in [4.78, 5) is 0. The van der Waals surface area contributed by atoms with Crippen LogP contribution in [0.3, 0.4) is 0 Å². The van der Waals surface area contributed by atoms with E-state index in [1.807, 2.05) is 16.8 Å². The first-order valence-electron chi connectivity index (χ1n) is 7.44. The van der Waals surface area contributed by atoms with Crippen molar-refractivity contribution in [2.24, 2.45) is 5.73 Å². The number of hydrogen-bond donors (Lipinski definition) is 1. The second-order valence-corrected chi connectivity index (χ2v) is 5.62. The van der Waals surface area contributed by atoms with Crippen LogP contribution in [0.2, 0.25) is 0 Å². The molecule has 3 rings (SSSR count). The van der Waals surface area contributed by atoms with E-state index in [1.165, 1.54) is 11.1 Å². The Bertz CT molecular complexity index is 727. The standard InChI is InChI=1S/C17H20N4O/c1-12(2)14-7-5-13(6-8-14)11-21-17(15(10-18)19-20-21)16-4-3-9-22-16/h3-9,12H,10-11,18H2,1-2H3. The molecule has 0 unspecified atom stereocenters. The zero-order valence-corrected chi connectivity index (χ0v) is 12.9. The Morgan fingerprint density at radius 1 is 1.18 bits per heavy atom.